The van der Waals surface area contributed by atoms with Crippen molar-refractivity contribution in [2.24, 2.45) is 5.92 Å². The second-order valence-corrected chi connectivity index (χ2v) is 5.69. The van der Waals surface area contributed by atoms with Crippen molar-refractivity contribution in [1.29, 1.82) is 0 Å². The first kappa shape index (κ1) is 14.0. The summed E-state index contributed by atoms with van der Waals surface area (Å²) in [6, 6.07) is 10.00. The largest absolute Gasteiger partial charge is 0.494 e. The summed E-state index contributed by atoms with van der Waals surface area (Å²) in [4.78, 5) is 0. The molecule has 0 aliphatic heterocycles. The standard InChI is InChI=1S/C15H25NO/c1-13(12-16-15(2,3)4)10-11-17-14-8-6-5-7-9-14/h5-9,13,16H,10-12H2,1-4H3. The number of benzene rings is 1. The van der Waals surface area contributed by atoms with Gasteiger partial charge < -0.3 is 10.1 Å². The van der Waals surface area contributed by atoms with Crippen molar-refractivity contribution in [3.05, 3.63) is 30.3 Å². The zero-order valence-corrected chi connectivity index (χ0v) is 11.5. The van der Waals surface area contributed by atoms with E-state index < -0.39 is 0 Å². The van der Waals surface area contributed by atoms with E-state index in [2.05, 4.69) is 33.0 Å². The van der Waals surface area contributed by atoms with Crippen LogP contribution in [0.2, 0.25) is 0 Å². The first-order chi connectivity index (χ1) is 7.97. The van der Waals surface area contributed by atoms with Crippen LogP contribution in [-0.2, 0) is 0 Å². The van der Waals surface area contributed by atoms with Gasteiger partial charge in [0.25, 0.3) is 0 Å². The average molecular weight is 235 g/mol. The van der Waals surface area contributed by atoms with Gasteiger partial charge in [-0.05, 0) is 51.8 Å². The lowest BCUT2D eigenvalue weighted by molar-refractivity contribution is 0.272. The van der Waals surface area contributed by atoms with Crippen molar-refractivity contribution < 1.29 is 4.74 Å². The van der Waals surface area contributed by atoms with E-state index in [9.17, 15) is 0 Å². The number of rotatable bonds is 6. The van der Waals surface area contributed by atoms with Gasteiger partial charge in [0.1, 0.15) is 5.75 Å². The zero-order valence-electron chi connectivity index (χ0n) is 11.5. The molecule has 0 amide bonds. The number of hydrogen-bond acceptors (Lipinski definition) is 2. The highest BCUT2D eigenvalue weighted by molar-refractivity contribution is 5.20. The lowest BCUT2D eigenvalue weighted by Gasteiger charge is -2.23. The van der Waals surface area contributed by atoms with Crippen LogP contribution in [0.1, 0.15) is 34.1 Å². The Kier molecular flexibility index (Phi) is 5.49. The summed E-state index contributed by atoms with van der Waals surface area (Å²) in [5, 5.41) is 3.51. The van der Waals surface area contributed by atoms with Crippen LogP contribution in [0.25, 0.3) is 0 Å². The monoisotopic (exact) mass is 235 g/mol. The fourth-order valence-corrected chi connectivity index (χ4v) is 1.48. The molecule has 0 radical (unpaired) electrons. The maximum absolute atomic E-state index is 5.68. The molecule has 0 aromatic heterocycles. The molecule has 0 heterocycles. The van der Waals surface area contributed by atoms with Crippen molar-refractivity contribution in [1.82, 2.24) is 5.32 Å². The molecular weight excluding hydrogens is 210 g/mol. The van der Waals surface area contributed by atoms with Crippen molar-refractivity contribution in [2.75, 3.05) is 13.2 Å². The Labute approximate surface area is 105 Å². The quantitative estimate of drug-likeness (QED) is 0.815. The molecule has 1 unspecified atom stereocenters. The Hall–Kier alpha value is -1.02. The Balaban J connectivity index is 2.14. The number of ether oxygens (including phenoxy) is 1. The number of hydrogen-bond donors (Lipinski definition) is 1. The van der Waals surface area contributed by atoms with Crippen LogP contribution >= 0.6 is 0 Å². The van der Waals surface area contributed by atoms with Crippen LogP contribution in [0.15, 0.2) is 30.3 Å². The van der Waals surface area contributed by atoms with Crippen molar-refractivity contribution in [2.45, 2.75) is 39.7 Å². The molecule has 1 aromatic rings. The molecule has 17 heavy (non-hydrogen) atoms. The number of nitrogens with one attached hydrogen (secondary N) is 1. The Morgan fingerprint density at radius 3 is 2.41 bits per heavy atom. The third-order valence-electron chi connectivity index (χ3n) is 2.60. The van der Waals surface area contributed by atoms with E-state index in [0.717, 1.165) is 25.3 Å². The van der Waals surface area contributed by atoms with Gasteiger partial charge in [-0.15, -0.1) is 0 Å². The molecule has 0 fully saturated rings. The molecule has 0 bridgehead atoms. The van der Waals surface area contributed by atoms with Crippen LogP contribution in [0.5, 0.6) is 5.75 Å². The van der Waals surface area contributed by atoms with E-state index in [1.807, 2.05) is 30.3 Å². The second-order valence-electron chi connectivity index (χ2n) is 5.69. The van der Waals surface area contributed by atoms with Crippen LogP contribution in [-0.4, -0.2) is 18.7 Å². The third-order valence-corrected chi connectivity index (χ3v) is 2.60. The summed E-state index contributed by atoms with van der Waals surface area (Å²) in [6.45, 7) is 10.7. The molecule has 2 heteroatoms. The summed E-state index contributed by atoms with van der Waals surface area (Å²) in [5.74, 6) is 1.60. The van der Waals surface area contributed by atoms with Gasteiger partial charge in [-0.3, -0.25) is 0 Å². The van der Waals surface area contributed by atoms with Gasteiger partial charge in [-0.25, -0.2) is 0 Å². The molecule has 0 saturated heterocycles. The minimum atomic E-state index is 0.203. The summed E-state index contributed by atoms with van der Waals surface area (Å²) in [6.07, 6.45) is 1.08. The molecule has 1 aromatic carbocycles. The molecule has 96 valence electrons. The summed E-state index contributed by atoms with van der Waals surface area (Å²) >= 11 is 0. The first-order valence-corrected chi connectivity index (χ1v) is 6.40. The van der Waals surface area contributed by atoms with E-state index in [0.29, 0.717) is 5.92 Å². The Bertz CT molecular complexity index is 302. The fourth-order valence-electron chi connectivity index (χ4n) is 1.48. The van der Waals surface area contributed by atoms with Crippen molar-refractivity contribution >= 4 is 0 Å². The van der Waals surface area contributed by atoms with Gasteiger partial charge in [0, 0.05) is 5.54 Å². The van der Waals surface area contributed by atoms with Crippen molar-refractivity contribution in [3.8, 4) is 5.75 Å². The number of para-hydroxylation sites is 1. The second kappa shape index (κ2) is 6.65. The maximum atomic E-state index is 5.68. The van der Waals surface area contributed by atoms with Gasteiger partial charge >= 0.3 is 0 Å². The van der Waals surface area contributed by atoms with E-state index in [4.69, 9.17) is 4.74 Å². The predicted octanol–water partition coefficient (Wildman–Crippen LogP) is 3.48. The maximum Gasteiger partial charge on any atom is 0.119 e. The first-order valence-electron chi connectivity index (χ1n) is 6.40. The lowest BCUT2D eigenvalue weighted by atomic mass is 10.0. The highest BCUT2D eigenvalue weighted by Crippen LogP contribution is 2.10. The Morgan fingerprint density at radius 1 is 1.18 bits per heavy atom. The molecule has 0 aliphatic carbocycles. The van der Waals surface area contributed by atoms with E-state index >= 15 is 0 Å². The van der Waals surface area contributed by atoms with Crippen LogP contribution < -0.4 is 10.1 Å². The molecule has 1 rings (SSSR count). The van der Waals surface area contributed by atoms with Crippen molar-refractivity contribution in [3.63, 3.8) is 0 Å². The summed E-state index contributed by atoms with van der Waals surface area (Å²) in [7, 11) is 0. The van der Waals surface area contributed by atoms with E-state index in [1.165, 1.54) is 0 Å². The normalized spacial score (nSPS) is 13.4. The van der Waals surface area contributed by atoms with E-state index in [-0.39, 0.29) is 5.54 Å². The third kappa shape index (κ3) is 7.01. The van der Waals surface area contributed by atoms with Crippen LogP contribution in [0.3, 0.4) is 0 Å². The molecular formula is C15H25NO. The van der Waals surface area contributed by atoms with Gasteiger partial charge in [-0.2, -0.15) is 0 Å². The minimum Gasteiger partial charge on any atom is -0.494 e. The molecule has 0 spiro atoms. The highest BCUT2D eigenvalue weighted by Gasteiger charge is 2.10. The zero-order chi connectivity index (χ0) is 12.7. The van der Waals surface area contributed by atoms with E-state index in [1.54, 1.807) is 0 Å². The smallest absolute Gasteiger partial charge is 0.119 e. The molecule has 0 saturated carbocycles. The van der Waals surface area contributed by atoms with Crippen LogP contribution in [0, 0.1) is 5.92 Å². The van der Waals surface area contributed by atoms with Gasteiger partial charge in [0.2, 0.25) is 0 Å². The van der Waals surface area contributed by atoms with Gasteiger partial charge in [0.05, 0.1) is 6.61 Å². The predicted molar refractivity (Wildman–Crippen MR) is 73.5 cm³/mol. The average Bonchev–Trinajstić information content (AvgIpc) is 2.27. The lowest BCUT2D eigenvalue weighted by Crippen LogP contribution is -2.38. The SMILES string of the molecule is CC(CCOc1ccccc1)CNC(C)(C)C. The molecule has 0 aliphatic rings. The fraction of sp³-hybridized carbons (Fsp3) is 0.600. The highest BCUT2D eigenvalue weighted by atomic mass is 16.5. The van der Waals surface area contributed by atoms with Gasteiger partial charge in [0.15, 0.2) is 0 Å². The Morgan fingerprint density at radius 2 is 1.82 bits per heavy atom. The van der Waals surface area contributed by atoms with Gasteiger partial charge in [-0.1, -0.05) is 25.1 Å². The topological polar surface area (TPSA) is 21.3 Å². The van der Waals surface area contributed by atoms with Crippen LogP contribution in [0.4, 0.5) is 0 Å². The summed E-state index contributed by atoms with van der Waals surface area (Å²) in [5.41, 5.74) is 0.203. The minimum absolute atomic E-state index is 0.203. The molecule has 1 N–H and O–H groups in total. The molecule has 2 nitrogen and oxygen atoms in total. The molecule has 1 atom stereocenters. The summed E-state index contributed by atoms with van der Waals surface area (Å²) < 4.78 is 5.68.